The molecule has 0 bridgehead atoms. The fourth-order valence-corrected chi connectivity index (χ4v) is 1.55. The van der Waals surface area contributed by atoms with Crippen molar-refractivity contribution in [3.8, 4) is 0 Å². The molecule has 0 fully saturated rings. The molecule has 15 heavy (non-hydrogen) atoms. The Hall–Kier alpha value is -0.670. The summed E-state index contributed by atoms with van der Waals surface area (Å²) in [4.78, 5) is 3.23. The number of nitrogens with zero attached hydrogens (tertiary/aromatic N) is 1. The van der Waals surface area contributed by atoms with E-state index in [4.69, 9.17) is 5.73 Å². The van der Waals surface area contributed by atoms with Gasteiger partial charge in [0, 0.05) is 0 Å². The van der Waals surface area contributed by atoms with E-state index in [9.17, 15) is 22.0 Å². The molecule has 0 spiro atoms. The lowest BCUT2D eigenvalue weighted by Crippen LogP contribution is -2.12. The molecule has 0 amide bonds. The van der Waals surface area contributed by atoms with Gasteiger partial charge in [-0.1, -0.05) is 0 Å². The molecule has 0 atom stereocenters. The molecule has 0 radical (unpaired) electrons. The van der Waals surface area contributed by atoms with Crippen molar-refractivity contribution in [2.24, 2.45) is 0 Å². The average Bonchev–Trinajstić information content (AvgIpc) is 2.00. The van der Waals surface area contributed by atoms with Crippen molar-refractivity contribution < 1.29 is 22.0 Å². The average molecular weight is 338 g/mol. The topological polar surface area (TPSA) is 38.9 Å². The molecule has 0 unspecified atom stereocenters. The second-order valence-corrected chi connectivity index (χ2v) is 3.62. The van der Waals surface area contributed by atoms with Crippen molar-refractivity contribution in [3.63, 3.8) is 0 Å². The SMILES string of the molecule is Nc1nc(I)c(C(F)F)cc1C(F)(F)F. The van der Waals surface area contributed by atoms with E-state index in [1.54, 1.807) is 0 Å². The standard InChI is InChI=1S/C7H4F5IN2/c8-4(9)2-1-3(7(10,11)12)6(14)15-5(2)13/h1,4H,(H2,14,15). The number of alkyl halides is 5. The summed E-state index contributed by atoms with van der Waals surface area (Å²) in [7, 11) is 0. The van der Waals surface area contributed by atoms with Gasteiger partial charge < -0.3 is 5.73 Å². The predicted molar refractivity (Wildman–Crippen MR) is 51.3 cm³/mol. The maximum absolute atomic E-state index is 12.3. The van der Waals surface area contributed by atoms with Crippen molar-refractivity contribution in [3.05, 3.63) is 20.9 Å². The van der Waals surface area contributed by atoms with Gasteiger partial charge in [0.25, 0.3) is 6.43 Å². The van der Waals surface area contributed by atoms with Gasteiger partial charge in [0.1, 0.15) is 9.52 Å². The number of aromatic nitrogens is 1. The van der Waals surface area contributed by atoms with Gasteiger partial charge in [0.15, 0.2) is 0 Å². The Morgan fingerprint density at radius 1 is 1.33 bits per heavy atom. The van der Waals surface area contributed by atoms with E-state index < -0.39 is 29.5 Å². The summed E-state index contributed by atoms with van der Waals surface area (Å²) in [6, 6.07) is 0.328. The first-order chi connectivity index (χ1) is 6.73. The van der Waals surface area contributed by atoms with E-state index in [-0.39, 0.29) is 3.70 Å². The van der Waals surface area contributed by atoms with Crippen LogP contribution in [0.25, 0.3) is 0 Å². The second kappa shape index (κ2) is 4.06. The molecule has 1 rings (SSSR count). The molecule has 8 heteroatoms. The molecule has 0 aliphatic rings. The summed E-state index contributed by atoms with van der Waals surface area (Å²) in [5.41, 5.74) is 2.89. The molecule has 0 aromatic carbocycles. The lowest BCUT2D eigenvalue weighted by atomic mass is 10.2. The third-order valence-electron chi connectivity index (χ3n) is 1.57. The van der Waals surface area contributed by atoms with E-state index in [0.29, 0.717) is 6.07 Å². The van der Waals surface area contributed by atoms with Crippen LogP contribution in [0.2, 0.25) is 0 Å². The smallest absolute Gasteiger partial charge is 0.383 e. The van der Waals surface area contributed by atoms with Crippen LogP contribution in [0.4, 0.5) is 27.8 Å². The van der Waals surface area contributed by atoms with Crippen LogP contribution in [-0.2, 0) is 6.18 Å². The molecular weight excluding hydrogens is 334 g/mol. The van der Waals surface area contributed by atoms with E-state index in [1.807, 2.05) is 0 Å². The summed E-state index contributed by atoms with van der Waals surface area (Å²) in [6.07, 6.45) is -7.78. The minimum atomic E-state index is -4.77. The zero-order valence-electron chi connectivity index (χ0n) is 6.95. The van der Waals surface area contributed by atoms with Gasteiger partial charge in [-0.3, -0.25) is 0 Å². The third kappa shape index (κ3) is 2.67. The fraction of sp³-hybridized carbons (Fsp3) is 0.286. The molecule has 84 valence electrons. The first-order valence-corrected chi connectivity index (χ1v) is 4.62. The summed E-state index contributed by atoms with van der Waals surface area (Å²) < 4.78 is 61.1. The molecule has 0 aliphatic carbocycles. The van der Waals surface area contributed by atoms with Gasteiger partial charge in [-0.15, -0.1) is 0 Å². The molecule has 1 aromatic heterocycles. The molecule has 0 aliphatic heterocycles. The number of nitrogen functional groups attached to an aromatic ring is 1. The highest BCUT2D eigenvalue weighted by molar-refractivity contribution is 14.1. The summed E-state index contributed by atoms with van der Waals surface area (Å²) in [5.74, 6) is -0.795. The minimum Gasteiger partial charge on any atom is -0.383 e. The largest absolute Gasteiger partial charge is 0.419 e. The van der Waals surface area contributed by atoms with Crippen LogP contribution in [0.15, 0.2) is 6.07 Å². The summed E-state index contributed by atoms with van der Waals surface area (Å²) in [6.45, 7) is 0. The van der Waals surface area contributed by atoms with Gasteiger partial charge in [-0.05, 0) is 28.7 Å². The highest BCUT2D eigenvalue weighted by atomic mass is 127. The zero-order valence-corrected chi connectivity index (χ0v) is 9.10. The molecule has 1 aromatic rings. The van der Waals surface area contributed by atoms with Crippen molar-refractivity contribution >= 4 is 28.4 Å². The van der Waals surface area contributed by atoms with Gasteiger partial charge in [-0.25, -0.2) is 13.8 Å². The molecule has 2 nitrogen and oxygen atoms in total. The van der Waals surface area contributed by atoms with Crippen LogP contribution in [0.3, 0.4) is 0 Å². The Kier molecular flexibility index (Phi) is 3.36. The van der Waals surface area contributed by atoms with Crippen LogP contribution in [-0.4, -0.2) is 4.98 Å². The Morgan fingerprint density at radius 3 is 2.27 bits per heavy atom. The van der Waals surface area contributed by atoms with Crippen molar-refractivity contribution in [2.75, 3.05) is 5.73 Å². The van der Waals surface area contributed by atoms with Crippen molar-refractivity contribution in [1.29, 1.82) is 0 Å². The third-order valence-corrected chi connectivity index (χ3v) is 2.44. The number of halogens is 6. The van der Waals surface area contributed by atoms with Crippen LogP contribution < -0.4 is 5.73 Å². The summed E-state index contributed by atoms with van der Waals surface area (Å²) >= 11 is 1.41. The van der Waals surface area contributed by atoms with Gasteiger partial charge >= 0.3 is 6.18 Å². The molecule has 0 saturated carbocycles. The molecule has 2 N–H and O–H groups in total. The van der Waals surface area contributed by atoms with E-state index >= 15 is 0 Å². The predicted octanol–water partition coefficient (Wildman–Crippen LogP) is 3.22. The number of nitrogens with two attached hydrogens (primary N) is 1. The Morgan fingerprint density at radius 2 is 1.87 bits per heavy atom. The number of anilines is 1. The van der Waals surface area contributed by atoms with Gasteiger partial charge in [0.05, 0.1) is 11.1 Å². The molecule has 1 heterocycles. The number of pyridine rings is 1. The van der Waals surface area contributed by atoms with Crippen LogP contribution in [0, 0.1) is 3.70 Å². The first kappa shape index (κ1) is 12.4. The highest BCUT2D eigenvalue weighted by Gasteiger charge is 2.35. The molecule has 0 saturated heterocycles. The van der Waals surface area contributed by atoms with Crippen LogP contribution in [0.5, 0.6) is 0 Å². The number of hydrogen-bond donors (Lipinski definition) is 1. The normalized spacial score (nSPS) is 12.2. The monoisotopic (exact) mass is 338 g/mol. The summed E-state index contributed by atoms with van der Waals surface area (Å²) in [5, 5.41) is 0. The lowest BCUT2D eigenvalue weighted by molar-refractivity contribution is -0.137. The molecular formula is C7H4F5IN2. The highest BCUT2D eigenvalue weighted by Crippen LogP contribution is 2.36. The Labute approximate surface area is 94.8 Å². The van der Waals surface area contributed by atoms with Crippen LogP contribution in [0.1, 0.15) is 17.6 Å². The Balaban J connectivity index is 3.37. The fourth-order valence-electron chi connectivity index (χ4n) is 0.900. The van der Waals surface area contributed by atoms with Crippen LogP contribution >= 0.6 is 22.6 Å². The minimum absolute atomic E-state index is 0.229. The Bertz CT molecular complexity index is 376. The first-order valence-electron chi connectivity index (χ1n) is 3.54. The maximum Gasteiger partial charge on any atom is 0.419 e. The van der Waals surface area contributed by atoms with Crippen molar-refractivity contribution in [1.82, 2.24) is 4.98 Å². The maximum atomic E-state index is 12.3. The van der Waals surface area contributed by atoms with E-state index in [2.05, 4.69) is 4.98 Å². The second-order valence-electron chi connectivity index (χ2n) is 2.60. The van der Waals surface area contributed by atoms with E-state index in [1.165, 1.54) is 22.6 Å². The lowest BCUT2D eigenvalue weighted by Gasteiger charge is -2.11. The number of hydrogen-bond acceptors (Lipinski definition) is 2. The van der Waals surface area contributed by atoms with Gasteiger partial charge in [-0.2, -0.15) is 13.2 Å². The zero-order chi connectivity index (χ0) is 11.8. The van der Waals surface area contributed by atoms with E-state index in [0.717, 1.165) is 0 Å². The van der Waals surface area contributed by atoms with Gasteiger partial charge in [0.2, 0.25) is 0 Å². The number of rotatable bonds is 1. The van der Waals surface area contributed by atoms with Crippen molar-refractivity contribution in [2.45, 2.75) is 12.6 Å². The quantitative estimate of drug-likeness (QED) is 0.485.